The van der Waals surface area contributed by atoms with Gasteiger partial charge in [0.2, 0.25) is 5.28 Å². The Morgan fingerprint density at radius 1 is 1.17 bits per heavy atom. The molecule has 0 atom stereocenters. The summed E-state index contributed by atoms with van der Waals surface area (Å²) < 4.78 is 38.9. The number of fused-ring (bicyclic) bond motifs is 1. The predicted molar refractivity (Wildman–Crippen MR) is 80.5 cm³/mol. The number of nitrogens with zero attached hydrogens (tertiary/aromatic N) is 1. The van der Waals surface area contributed by atoms with Gasteiger partial charge in [-0.3, -0.25) is 4.79 Å². The number of aromatic nitrogens is 2. The molecule has 0 spiro atoms. The summed E-state index contributed by atoms with van der Waals surface area (Å²) in [6.07, 6.45) is -4.60. The predicted octanol–water partition coefficient (Wildman–Crippen LogP) is 4.49. The van der Waals surface area contributed by atoms with Gasteiger partial charge in [0.15, 0.2) is 0 Å². The van der Waals surface area contributed by atoms with Gasteiger partial charge in [0.05, 0.1) is 22.2 Å². The number of amides is 1. The number of imidazole rings is 1. The van der Waals surface area contributed by atoms with Gasteiger partial charge >= 0.3 is 6.18 Å². The molecule has 1 amide bonds. The standard InChI is InChI=1S/C15H9ClF3N3O/c16-14-21-11-6-5-8(7-12(11)22-14)20-13(23)9-3-1-2-4-10(9)15(17,18)19/h1-7H,(H,20,23)(H,21,22). The Morgan fingerprint density at radius 3 is 2.65 bits per heavy atom. The Morgan fingerprint density at radius 2 is 1.91 bits per heavy atom. The molecule has 118 valence electrons. The van der Waals surface area contributed by atoms with Crippen molar-refractivity contribution in [1.29, 1.82) is 0 Å². The highest BCUT2D eigenvalue weighted by Crippen LogP contribution is 2.32. The number of halogens is 4. The third kappa shape index (κ3) is 3.14. The van der Waals surface area contributed by atoms with E-state index in [2.05, 4.69) is 15.3 Å². The molecule has 1 heterocycles. The molecule has 2 N–H and O–H groups in total. The fourth-order valence-electron chi connectivity index (χ4n) is 2.18. The molecule has 3 aromatic rings. The highest BCUT2D eigenvalue weighted by atomic mass is 35.5. The first kappa shape index (κ1) is 15.4. The molecule has 0 fully saturated rings. The minimum atomic E-state index is -4.60. The Bertz CT molecular complexity index is 889. The zero-order chi connectivity index (χ0) is 16.6. The van der Waals surface area contributed by atoms with Crippen LogP contribution in [0.4, 0.5) is 18.9 Å². The van der Waals surface area contributed by atoms with Gasteiger partial charge in [-0.25, -0.2) is 4.98 Å². The van der Waals surface area contributed by atoms with E-state index in [0.717, 1.165) is 12.1 Å². The van der Waals surface area contributed by atoms with E-state index in [1.165, 1.54) is 18.2 Å². The van der Waals surface area contributed by atoms with Crippen LogP contribution in [0, 0.1) is 0 Å². The van der Waals surface area contributed by atoms with Gasteiger partial charge in [-0.1, -0.05) is 12.1 Å². The molecule has 0 aliphatic rings. The molecule has 23 heavy (non-hydrogen) atoms. The molecule has 0 unspecified atom stereocenters. The second-order valence-corrected chi connectivity index (χ2v) is 5.12. The lowest BCUT2D eigenvalue weighted by Gasteiger charge is -2.12. The van der Waals surface area contributed by atoms with E-state index < -0.39 is 23.2 Å². The molecule has 0 aliphatic heterocycles. The van der Waals surface area contributed by atoms with Gasteiger partial charge in [0.1, 0.15) is 0 Å². The number of rotatable bonds is 2. The van der Waals surface area contributed by atoms with Gasteiger partial charge in [-0.2, -0.15) is 13.2 Å². The second-order valence-electron chi connectivity index (χ2n) is 4.76. The topological polar surface area (TPSA) is 57.8 Å². The molecule has 0 radical (unpaired) electrons. The number of benzene rings is 2. The molecule has 8 heteroatoms. The molecular weight excluding hydrogens is 331 g/mol. The third-order valence-electron chi connectivity index (χ3n) is 3.19. The zero-order valence-electron chi connectivity index (χ0n) is 11.4. The normalized spacial score (nSPS) is 11.7. The van der Waals surface area contributed by atoms with Crippen LogP contribution in [0.2, 0.25) is 5.28 Å². The first-order valence-corrected chi connectivity index (χ1v) is 6.85. The molecular formula is C15H9ClF3N3O. The quantitative estimate of drug-likeness (QED) is 0.723. The first-order chi connectivity index (χ1) is 10.8. The maximum absolute atomic E-state index is 13.0. The van der Waals surface area contributed by atoms with Crippen LogP contribution in [0.3, 0.4) is 0 Å². The van der Waals surface area contributed by atoms with Crippen LogP contribution in [0.5, 0.6) is 0 Å². The van der Waals surface area contributed by atoms with Gasteiger partial charge < -0.3 is 10.3 Å². The van der Waals surface area contributed by atoms with Crippen molar-refractivity contribution in [2.75, 3.05) is 5.32 Å². The summed E-state index contributed by atoms with van der Waals surface area (Å²) in [4.78, 5) is 18.9. The van der Waals surface area contributed by atoms with Gasteiger partial charge in [-0.15, -0.1) is 0 Å². The van der Waals surface area contributed by atoms with E-state index in [9.17, 15) is 18.0 Å². The molecule has 0 aliphatic carbocycles. The van der Waals surface area contributed by atoms with Crippen LogP contribution in [0.1, 0.15) is 15.9 Å². The molecule has 3 rings (SSSR count). The number of H-pyrrole nitrogens is 1. The molecule has 0 saturated heterocycles. The van der Waals surface area contributed by atoms with Gasteiger partial charge in [-0.05, 0) is 41.9 Å². The van der Waals surface area contributed by atoms with Crippen molar-refractivity contribution in [2.24, 2.45) is 0 Å². The highest BCUT2D eigenvalue weighted by Gasteiger charge is 2.34. The lowest BCUT2D eigenvalue weighted by atomic mass is 10.1. The maximum atomic E-state index is 13.0. The van der Waals surface area contributed by atoms with Crippen LogP contribution >= 0.6 is 11.6 Å². The average Bonchev–Trinajstić information content (AvgIpc) is 2.85. The summed E-state index contributed by atoms with van der Waals surface area (Å²) in [5.41, 5.74) is 0.0614. The second kappa shape index (κ2) is 5.58. The minimum absolute atomic E-state index is 0.186. The van der Waals surface area contributed by atoms with Crippen molar-refractivity contribution in [2.45, 2.75) is 6.18 Å². The van der Waals surface area contributed by atoms with E-state index in [1.807, 2.05) is 0 Å². The van der Waals surface area contributed by atoms with Crippen LogP contribution in [0.15, 0.2) is 42.5 Å². The largest absolute Gasteiger partial charge is 0.417 e. The minimum Gasteiger partial charge on any atom is -0.329 e. The van der Waals surface area contributed by atoms with Gasteiger partial charge in [0, 0.05) is 5.69 Å². The van der Waals surface area contributed by atoms with Crippen molar-refractivity contribution in [3.05, 3.63) is 58.9 Å². The lowest BCUT2D eigenvalue weighted by molar-refractivity contribution is -0.137. The van der Waals surface area contributed by atoms with Crippen LogP contribution in [-0.2, 0) is 6.18 Å². The zero-order valence-corrected chi connectivity index (χ0v) is 12.2. The summed E-state index contributed by atoms with van der Waals surface area (Å²) in [5.74, 6) is -0.845. The van der Waals surface area contributed by atoms with E-state index in [4.69, 9.17) is 11.6 Å². The van der Waals surface area contributed by atoms with Gasteiger partial charge in [0.25, 0.3) is 5.91 Å². The van der Waals surface area contributed by atoms with E-state index in [-0.39, 0.29) is 5.28 Å². The monoisotopic (exact) mass is 339 g/mol. The SMILES string of the molecule is O=C(Nc1ccc2nc(Cl)[nH]c2c1)c1ccccc1C(F)(F)F. The van der Waals surface area contributed by atoms with Crippen molar-refractivity contribution in [1.82, 2.24) is 9.97 Å². The maximum Gasteiger partial charge on any atom is 0.417 e. The summed E-state index contributed by atoms with van der Waals surface area (Å²) >= 11 is 5.73. The van der Waals surface area contributed by atoms with E-state index in [0.29, 0.717) is 16.7 Å². The number of nitrogens with one attached hydrogen (secondary N) is 2. The number of carbonyl (C=O) groups excluding carboxylic acids is 1. The molecule has 2 aromatic carbocycles. The van der Waals surface area contributed by atoms with E-state index >= 15 is 0 Å². The number of anilines is 1. The Kier molecular flexibility index (Phi) is 3.73. The fourth-order valence-corrected chi connectivity index (χ4v) is 2.38. The molecule has 0 saturated carbocycles. The van der Waals surface area contributed by atoms with Crippen molar-refractivity contribution in [3.63, 3.8) is 0 Å². The third-order valence-corrected chi connectivity index (χ3v) is 3.37. The highest BCUT2D eigenvalue weighted by molar-refractivity contribution is 6.29. The number of hydrogen-bond donors (Lipinski definition) is 2. The fraction of sp³-hybridized carbons (Fsp3) is 0.0667. The molecule has 0 bridgehead atoms. The Hall–Kier alpha value is -2.54. The summed E-state index contributed by atoms with van der Waals surface area (Å²) in [6, 6.07) is 9.29. The summed E-state index contributed by atoms with van der Waals surface area (Å²) in [7, 11) is 0. The number of alkyl halides is 3. The van der Waals surface area contributed by atoms with Crippen molar-refractivity contribution in [3.8, 4) is 0 Å². The summed E-state index contributed by atoms with van der Waals surface area (Å²) in [5, 5.41) is 2.63. The van der Waals surface area contributed by atoms with Crippen molar-refractivity contribution < 1.29 is 18.0 Å². The van der Waals surface area contributed by atoms with Crippen LogP contribution < -0.4 is 5.32 Å². The van der Waals surface area contributed by atoms with E-state index in [1.54, 1.807) is 12.1 Å². The molecule has 4 nitrogen and oxygen atoms in total. The van der Waals surface area contributed by atoms with Crippen LogP contribution in [-0.4, -0.2) is 15.9 Å². The number of aromatic amines is 1. The van der Waals surface area contributed by atoms with Crippen molar-refractivity contribution >= 4 is 34.2 Å². The Balaban J connectivity index is 1.92. The number of hydrogen-bond acceptors (Lipinski definition) is 2. The average molecular weight is 340 g/mol. The molecule has 1 aromatic heterocycles. The number of carbonyl (C=O) groups is 1. The first-order valence-electron chi connectivity index (χ1n) is 6.47. The smallest absolute Gasteiger partial charge is 0.329 e. The Labute approximate surface area is 133 Å². The lowest BCUT2D eigenvalue weighted by Crippen LogP contribution is -2.18. The summed E-state index contributed by atoms with van der Waals surface area (Å²) in [6.45, 7) is 0. The van der Waals surface area contributed by atoms with Crippen LogP contribution in [0.25, 0.3) is 11.0 Å².